The molecule has 0 aromatic carbocycles. The first-order valence-corrected chi connectivity index (χ1v) is 7.05. The van der Waals surface area contributed by atoms with Gasteiger partial charge in [-0.05, 0) is 25.7 Å². The summed E-state index contributed by atoms with van der Waals surface area (Å²) in [6, 6.07) is 0.124. The van der Waals surface area contributed by atoms with E-state index < -0.39 is 0 Å². The molecule has 0 spiro atoms. The number of rotatable bonds is 4. The molecule has 2 saturated heterocycles. The highest BCUT2D eigenvalue weighted by atomic mass is 16.5. The SMILES string of the molecule is COC1CNC(c2nc(CC3CCCCO3)no2)C1. The zero-order valence-electron chi connectivity index (χ0n) is 11.3. The fourth-order valence-electron chi connectivity index (χ4n) is 2.73. The molecule has 2 aliphatic heterocycles. The van der Waals surface area contributed by atoms with Crippen LogP contribution in [0.2, 0.25) is 0 Å². The Hall–Kier alpha value is -0.980. The first-order chi connectivity index (χ1) is 9.35. The minimum atomic E-state index is 0.124. The third-order valence-electron chi connectivity index (χ3n) is 3.89. The van der Waals surface area contributed by atoms with Crippen molar-refractivity contribution in [3.05, 3.63) is 11.7 Å². The van der Waals surface area contributed by atoms with E-state index in [1.54, 1.807) is 7.11 Å². The van der Waals surface area contributed by atoms with Gasteiger partial charge in [-0.2, -0.15) is 4.98 Å². The van der Waals surface area contributed by atoms with Crippen LogP contribution in [0.25, 0.3) is 0 Å². The first-order valence-electron chi connectivity index (χ1n) is 7.05. The van der Waals surface area contributed by atoms with Crippen LogP contribution in [0.1, 0.15) is 43.4 Å². The van der Waals surface area contributed by atoms with Gasteiger partial charge in [0.15, 0.2) is 5.82 Å². The van der Waals surface area contributed by atoms with Crippen molar-refractivity contribution in [2.75, 3.05) is 20.3 Å². The lowest BCUT2D eigenvalue weighted by Gasteiger charge is -2.20. The number of methoxy groups -OCH3 is 1. The van der Waals surface area contributed by atoms with Crippen LogP contribution in [0.3, 0.4) is 0 Å². The summed E-state index contributed by atoms with van der Waals surface area (Å²) in [4.78, 5) is 4.48. The molecule has 3 atom stereocenters. The Morgan fingerprint density at radius 1 is 1.42 bits per heavy atom. The summed E-state index contributed by atoms with van der Waals surface area (Å²) in [6.07, 6.45) is 5.62. The van der Waals surface area contributed by atoms with Crippen LogP contribution in [0.4, 0.5) is 0 Å². The summed E-state index contributed by atoms with van der Waals surface area (Å²) < 4.78 is 16.4. The van der Waals surface area contributed by atoms with Gasteiger partial charge in [0.2, 0.25) is 5.89 Å². The van der Waals surface area contributed by atoms with Crippen molar-refractivity contribution in [1.29, 1.82) is 0 Å². The van der Waals surface area contributed by atoms with E-state index in [1.807, 2.05) is 0 Å². The van der Waals surface area contributed by atoms with Crippen LogP contribution in [-0.4, -0.2) is 42.6 Å². The molecular formula is C13H21N3O3. The topological polar surface area (TPSA) is 69.4 Å². The Kier molecular flexibility index (Phi) is 4.10. The van der Waals surface area contributed by atoms with Crippen LogP contribution in [-0.2, 0) is 15.9 Å². The summed E-state index contributed by atoms with van der Waals surface area (Å²) in [7, 11) is 1.73. The summed E-state index contributed by atoms with van der Waals surface area (Å²) in [6.45, 7) is 1.69. The molecule has 3 rings (SSSR count). The van der Waals surface area contributed by atoms with Crippen LogP contribution >= 0.6 is 0 Å². The van der Waals surface area contributed by atoms with E-state index in [2.05, 4.69) is 15.5 Å². The molecular weight excluding hydrogens is 246 g/mol. The van der Waals surface area contributed by atoms with Crippen LogP contribution < -0.4 is 5.32 Å². The van der Waals surface area contributed by atoms with E-state index in [4.69, 9.17) is 14.0 Å². The van der Waals surface area contributed by atoms with Crippen LogP contribution in [0.5, 0.6) is 0 Å². The van der Waals surface area contributed by atoms with Gasteiger partial charge in [-0.1, -0.05) is 5.16 Å². The molecule has 106 valence electrons. The summed E-state index contributed by atoms with van der Waals surface area (Å²) in [5, 5.41) is 7.40. The number of hydrogen-bond donors (Lipinski definition) is 1. The number of nitrogens with one attached hydrogen (secondary N) is 1. The van der Waals surface area contributed by atoms with Gasteiger partial charge in [-0.3, -0.25) is 0 Å². The molecule has 2 aliphatic rings. The number of nitrogens with zero attached hydrogens (tertiary/aromatic N) is 2. The molecule has 0 amide bonds. The molecule has 19 heavy (non-hydrogen) atoms. The molecule has 1 N–H and O–H groups in total. The third kappa shape index (κ3) is 3.13. The van der Waals surface area contributed by atoms with Crippen molar-refractivity contribution in [3.8, 4) is 0 Å². The molecule has 0 saturated carbocycles. The zero-order chi connectivity index (χ0) is 13.1. The lowest BCUT2D eigenvalue weighted by molar-refractivity contribution is 0.0153. The Morgan fingerprint density at radius 3 is 3.11 bits per heavy atom. The standard InChI is InChI=1S/C13H21N3O3/c1-17-10-6-11(14-8-10)13-15-12(16-19-13)7-9-4-2-3-5-18-9/h9-11,14H,2-8H2,1H3. The maximum Gasteiger partial charge on any atom is 0.243 e. The lowest BCUT2D eigenvalue weighted by Crippen LogP contribution is -2.22. The van der Waals surface area contributed by atoms with Gasteiger partial charge in [0.25, 0.3) is 0 Å². The van der Waals surface area contributed by atoms with Crippen molar-refractivity contribution in [2.45, 2.75) is 50.4 Å². The van der Waals surface area contributed by atoms with Crippen molar-refractivity contribution < 1.29 is 14.0 Å². The molecule has 1 aromatic rings. The minimum absolute atomic E-state index is 0.124. The third-order valence-corrected chi connectivity index (χ3v) is 3.89. The number of ether oxygens (including phenoxy) is 2. The maximum atomic E-state index is 5.69. The largest absolute Gasteiger partial charge is 0.380 e. The Morgan fingerprint density at radius 2 is 2.37 bits per heavy atom. The highest BCUT2D eigenvalue weighted by Gasteiger charge is 2.29. The van der Waals surface area contributed by atoms with Crippen molar-refractivity contribution in [2.24, 2.45) is 0 Å². The van der Waals surface area contributed by atoms with Gasteiger partial charge in [0.05, 0.1) is 18.2 Å². The van der Waals surface area contributed by atoms with Crippen LogP contribution in [0, 0.1) is 0 Å². The number of aromatic nitrogens is 2. The van der Waals surface area contributed by atoms with E-state index in [9.17, 15) is 0 Å². The van der Waals surface area contributed by atoms with E-state index in [1.165, 1.54) is 12.8 Å². The van der Waals surface area contributed by atoms with Crippen LogP contribution in [0.15, 0.2) is 4.52 Å². The quantitative estimate of drug-likeness (QED) is 0.885. The second-order valence-corrected chi connectivity index (χ2v) is 5.30. The molecule has 3 heterocycles. The Labute approximate surface area is 112 Å². The Bertz CT molecular complexity index is 404. The molecule has 2 fully saturated rings. The normalized spacial score (nSPS) is 31.7. The average Bonchev–Trinajstić information content (AvgIpc) is 3.08. The molecule has 6 nitrogen and oxygen atoms in total. The zero-order valence-corrected chi connectivity index (χ0v) is 11.3. The monoisotopic (exact) mass is 267 g/mol. The second-order valence-electron chi connectivity index (χ2n) is 5.30. The molecule has 1 aromatic heterocycles. The molecule has 0 bridgehead atoms. The predicted octanol–water partition coefficient (Wildman–Crippen LogP) is 1.23. The highest BCUT2D eigenvalue weighted by Crippen LogP contribution is 2.24. The van der Waals surface area contributed by atoms with Crippen molar-refractivity contribution in [1.82, 2.24) is 15.5 Å². The van der Waals surface area contributed by atoms with E-state index in [-0.39, 0.29) is 18.2 Å². The highest BCUT2D eigenvalue weighted by molar-refractivity contribution is 4.98. The van der Waals surface area contributed by atoms with E-state index in [0.29, 0.717) is 5.89 Å². The van der Waals surface area contributed by atoms with Crippen molar-refractivity contribution in [3.63, 3.8) is 0 Å². The van der Waals surface area contributed by atoms with E-state index in [0.717, 1.165) is 38.2 Å². The smallest absolute Gasteiger partial charge is 0.243 e. The van der Waals surface area contributed by atoms with Gasteiger partial charge in [-0.15, -0.1) is 0 Å². The van der Waals surface area contributed by atoms with Crippen molar-refractivity contribution >= 4 is 0 Å². The molecule has 6 heteroatoms. The summed E-state index contributed by atoms with van der Waals surface area (Å²) in [5.41, 5.74) is 0. The van der Waals surface area contributed by atoms with Gasteiger partial charge in [0, 0.05) is 26.7 Å². The molecule has 0 radical (unpaired) electrons. The number of hydrogen-bond acceptors (Lipinski definition) is 6. The predicted molar refractivity (Wildman–Crippen MR) is 67.8 cm³/mol. The van der Waals surface area contributed by atoms with Gasteiger partial charge < -0.3 is 19.3 Å². The lowest BCUT2D eigenvalue weighted by atomic mass is 10.1. The summed E-state index contributed by atoms with van der Waals surface area (Å²) >= 11 is 0. The molecule has 3 unspecified atom stereocenters. The fourth-order valence-corrected chi connectivity index (χ4v) is 2.73. The van der Waals surface area contributed by atoms with Gasteiger partial charge >= 0.3 is 0 Å². The average molecular weight is 267 g/mol. The minimum Gasteiger partial charge on any atom is -0.380 e. The van der Waals surface area contributed by atoms with Gasteiger partial charge in [-0.25, -0.2) is 0 Å². The fraction of sp³-hybridized carbons (Fsp3) is 0.846. The summed E-state index contributed by atoms with van der Waals surface area (Å²) in [5.74, 6) is 1.43. The first kappa shape index (κ1) is 13.0. The molecule has 0 aliphatic carbocycles. The Balaban J connectivity index is 1.57. The van der Waals surface area contributed by atoms with E-state index >= 15 is 0 Å². The second kappa shape index (κ2) is 5.98. The maximum absolute atomic E-state index is 5.69. The van der Waals surface area contributed by atoms with Gasteiger partial charge in [0.1, 0.15) is 0 Å².